The van der Waals surface area contributed by atoms with Crippen molar-refractivity contribution in [1.82, 2.24) is 9.97 Å². The molecular formula is C17H14ClN5O2. The summed E-state index contributed by atoms with van der Waals surface area (Å²) in [7, 11) is 0. The summed E-state index contributed by atoms with van der Waals surface area (Å²) in [4.78, 5) is 18.2. The second-order valence-electron chi connectivity index (χ2n) is 5.28. The molecule has 126 valence electrons. The van der Waals surface area contributed by atoms with Crippen molar-refractivity contribution in [2.75, 3.05) is 10.6 Å². The maximum Gasteiger partial charge on any atom is 0.348 e. The molecule has 0 aliphatic heterocycles. The van der Waals surface area contributed by atoms with Gasteiger partial charge >= 0.3 is 5.69 Å². The fourth-order valence-electron chi connectivity index (χ4n) is 2.23. The number of para-hydroxylation sites is 2. The van der Waals surface area contributed by atoms with E-state index in [1.165, 1.54) is 6.33 Å². The maximum atomic E-state index is 11.2. The fraction of sp³-hybridized carbons (Fsp3) is 0.0588. The van der Waals surface area contributed by atoms with Crippen LogP contribution in [0.3, 0.4) is 0 Å². The fourth-order valence-corrected chi connectivity index (χ4v) is 2.43. The number of halogens is 1. The van der Waals surface area contributed by atoms with Gasteiger partial charge in [-0.3, -0.25) is 10.1 Å². The lowest BCUT2D eigenvalue weighted by Gasteiger charge is -2.13. The standard InChI is InChI=1S/C17H14ClN5O2/c1-11-6-8-12(9-7-11)21-13-4-2-3-5-14(13)22-17-15(23(24)25)16(18)19-10-20-17/h2-10,21H,1H3,(H,19,20,22). The summed E-state index contributed by atoms with van der Waals surface area (Å²) in [5, 5.41) is 17.2. The SMILES string of the molecule is Cc1ccc(Nc2ccccc2Nc2ncnc(Cl)c2[N+](=O)[O-])cc1. The van der Waals surface area contributed by atoms with Gasteiger partial charge in [-0.1, -0.05) is 41.4 Å². The maximum absolute atomic E-state index is 11.2. The molecule has 0 unspecified atom stereocenters. The summed E-state index contributed by atoms with van der Waals surface area (Å²) in [6.45, 7) is 2.01. The van der Waals surface area contributed by atoms with Gasteiger partial charge in [-0.05, 0) is 31.2 Å². The van der Waals surface area contributed by atoms with Gasteiger partial charge in [0, 0.05) is 5.69 Å². The number of rotatable bonds is 5. The van der Waals surface area contributed by atoms with Gasteiger partial charge in [-0.2, -0.15) is 0 Å². The van der Waals surface area contributed by atoms with Crippen LogP contribution in [0.4, 0.5) is 28.6 Å². The second-order valence-corrected chi connectivity index (χ2v) is 5.64. The van der Waals surface area contributed by atoms with Crippen LogP contribution in [0.25, 0.3) is 0 Å². The van der Waals surface area contributed by atoms with Gasteiger partial charge < -0.3 is 10.6 Å². The zero-order valence-electron chi connectivity index (χ0n) is 13.2. The predicted octanol–water partition coefficient (Wildman–Crippen LogP) is 4.83. The highest BCUT2D eigenvalue weighted by molar-refractivity contribution is 6.31. The monoisotopic (exact) mass is 355 g/mol. The highest BCUT2D eigenvalue weighted by Gasteiger charge is 2.22. The summed E-state index contributed by atoms with van der Waals surface area (Å²) >= 11 is 5.83. The highest BCUT2D eigenvalue weighted by atomic mass is 35.5. The molecule has 0 aliphatic rings. The molecule has 25 heavy (non-hydrogen) atoms. The average molecular weight is 356 g/mol. The molecule has 0 radical (unpaired) electrons. The minimum atomic E-state index is -0.610. The van der Waals surface area contributed by atoms with Crippen molar-refractivity contribution < 1.29 is 4.92 Å². The Morgan fingerprint density at radius 2 is 1.64 bits per heavy atom. The van der Waals surface area contributed by atoms with Crippen LogP contribution >= 0.6 is 11.6 Å². The van der Waals surface area contributed by atoms with Crippen LogP contribution < -0.4 is 10.6 Å². The number of nitro groups is 1. The molecule has 2 N–H and O–H groups in total. The minimum Gasteiger partial charge on any atom is -0.354 e. The third-order valence-corrected chi connectivity index (χ3v) is 3.75. The largest absolute Gasteiger partial charge is 0.354 e. The molecule has 1 heterocycles. The Labute approximate surface area is 148 Å². The van der Waals surface area contributed by atoms with Crippen molar-refractivity contribution in [2.24, 2.45) is 0 Å². The molecule has 0 spiro atoms. The summed E-state index contributed by atoms with van der Waals surface area (Å²) in [6, 6.07) is 15.2. The lowest BCUT2D eigenvalue weighted by molar-refractivity contribution is -0.384. The average Bonchev–Trinajstić information content (AvgIpc) is 2.58. The molecule has 3 rings (SSSR count). The quantitative estimate of drug-likeness (QED) is 0.386. The summed E-state index contributed by atoms with van der Waals surface area (Å²) in [5.41, 5.74) is 3.06. The third-order valence-electron chi connectivity index (χ3n) is 3.47. The first-order chi connectivity index (χ1) is 12.0. The first-order valence-corrected chi connectivity index (χ1v) is 7.77. The number of nitrogens with zero attached hydrogens (tertiary/aromatic N) is 3. The molecule has 7 nitrogen and oxygen atoms in total. The van der Waals surface area contributed by atoms with Crippen LogP contribution in [0.15, 0.2) is 54.9 Å². The summed E-state index contributed by atoms with van der Waals surface area (Å²) in [5.74, 6) is 0.0307. The van der Waals surface area contributed by atoms with Gasteiger partial charge in [-0.25, -0.2) is 9.97 Å². The smallest absolute Gasteiger partial charge is 0.348 e. The second kappa shape index (κ2) is 7.14. The number of nitrogens with one attached hydrogen (secondary N) is 2. The van der Waals surface area contributed by atoms with E-state index < -0.39 is 4.92 Å². The molecule has 1 aromatic heterocycles. The zero-order valence-corrected chi connectivity index (χ0v) is 14.0. The Morgan fingerprint density at radius 1 is 1.00 bits per heavy atom. The van der Waals surface area contributed by atoms with E-state index in [-0.39, 0.29) is 16.7 Å². The normalized spacial score (nSPS) is 10.3. The van der Waals surface area contributed by atoms with Crippen molar-refractivity contribution >= 4 is 40.2 Å². The van der Waals surface area contributed by atoms with Crippen molar-refractivity contribution in [3.8, 4) is 0 Å². The third kappa shape index (κ3) is 3.84. The van der Waals surface area contributed by atoms with Gasteiger partial charge in [0.25, 0.3) is 0 Å². The molecule has 0 bridgehead atoms. The summed E-state index contributed by atoms with van der Waals surface area (Å²) < 4.78 is 0. The topological polar surface area (TPSA) is 93.0 Å². The molecular weight excluding hydrogens is 342 g/mol. The Bertz CT molecular complexity index is 915. The van der Waals surface area contributed by atoms with Crippen molar-refractivity contribution in [3.63, 3.8) is 0 Å². The van der Waals surface area contributed by atoms with Crippen LogP contribution in [-0.2, 0) is 0 Å². The van der Waals surface area contributed by atoms with Crippen LogP contribution in [0.1, 0.15) is 5.56 Å². The van der Waals surface area contributed by atoms with Crippen LogP contribution in [0, 0.1) is 17.0 Å². The molecule has 0 fully saturated rings. The first-order valence-electron chi connectivity index (χ1n) is 7.39. The van der Waals surface area contributed by atoms with Crippen LogP contribution in [0.2, 0.25) is 5.15 Å². The van der Waals surface area contributed by atoms with E-state index >= 15 is 0 Å². The Kier molecular flexibility index (Phi) is 4.76. The van der Waals surface area contributed by atoms with Crippen molar-refractivity contribution in [2.45, 2.75) is 6.92 Å². The van der Waals surface area contributed by atoms with Gasteiger partial charge in [0.05, 0.1) is 16.3 Å². The summed E-state index contributed by atoms with van der Waals surface area (Å²) in [6.07, 6.45) is 1.17. The number of hydrogen-bond acceptors (Lipinski definition) is 6. The van der Waals surface area contributed by atoms with E-state index in [9.17, 15) is 10.1 Å². The van der Waals surface area contributed by atoms with E-state index in [4.69, 9.17) is 11.6 Å². The van der Waals surface area contributed by atoms with Gasteiger partial charge in [0.1, 0.15) is 6.33 Å². The van der Waals surface area contributed by atoms with Gasteiger partial charge in [0.2, 0.25) is 11.0 Å². The number of anilines is 4. The molecule has 2 aromatic carbocycles. The van der Waals surface area contributed by atoms with Gasteiger partial charge in [-0.15, -0.1) is 0 Å². The number of aromatic nitrogens is 2. The van der Waals surface area contributed by atoms with E-state index in [0.29, 0.717) is 5.69 Å². The molecule has 3 aromatic rings. The Morgan fingerprint density at radius 3 is 2.28 bits per heavy atom. The van der Waals surface area contributed by atoms with Crippen LogP contribution in [-0.4, -0.2) is 14.9 Å². The Balaban J connectivity index is 1.93. The predicted molar refractivity (Wildman–Crippen MR) is 97.9 cm³/mol. The number of benzene rings is 2. The van der Waals surface area contributed by atoms with Crippen molar-refractivity contribution in [3.05, 3.63) is 75.7 Å². The number of hydrogen-bond donors (Lipinski definition) is 2. The molecule has 0 saturated carbocycles. The van der Waals surface area contributed by atoms with Crippen LogP contribution in [0.5, 0.6) is 0 Å². The lowest BCUT2D eigenvalue weighted by atomic mass is 10.2. The van der Waals surface area contributed by atoms with E-state index in [1.54, 1.807) is 6.07 Å². The molecule has 8 heteroatoms. The van der Waals surface area contributed by atoms with E-state index in [1.807, 2.05) is 49.4 Å². The first kappa shape index (κ1) is 16.7. The number of aryl methyl sites for hydroxylation is 1. The van der Waals surface area contributed by atoms with Crippen molar-refractivity contribution in [1.29, 1.82) is 0 Å². The molecule has 0 atom stereocenters. The minimum absolute atomic E-state index is 0.0307. The molecule has 0 aliphatic carbocycles. The molecule has 0 saturated heterocycles. The lowest BCUT2D eigenvalue weighted by Crippen LogP contribution is -2.03. The Hall–Kier alpha value is -3.19. The molecule has 0 amide bonds. The van der Waals surface area contributed by atoms with Gasteiger partial charge in [0.15, 0.2) is 0 Å². The highest BCUT2D eigenvalue weighted by Crippen LogP contribution is 2.33. The van der Waals surface area contributed by atoms with E-state index in [2.05, 4.69) is 20.6 Å². The zero-order chi connectivity index (χ0) is 17.8. The van der Waals surface area contributed by atoms with E-state index in [0.717, 1.165) is 16.9 Å².